The standard InChI is InChI=1S/C15H19F2N/c1-8-6-13(17)11(7-12(8)16)15(18-2)14-9-4-3-5-10(9)14/h6-7,9-10,14-15,18H,3-5H2,1-2H3. The van der Waals surface area contributed by atoms with Gasteiger partial charge in [0.1, 0.15) is 11.6 Å². The summed E-state index contributed by atoms with van der Waals surface area (Å²) in [5.41, 5.74) is 0.877. The maximum absolute atomic E-state index is 14.0. The molecule has 3 unspecified atom stereocenters. The van der Waals surface area contributed by atoms with Crippen LogP contribution in [0.4, 0.5) is 8.78 Å². The van der Waals surface area contributed by atoms with Crippen molar-refractivity contribution in [2.24, 2.45) is 17.8 Å². The van der Waals surface area contributed by atoms with E-state index in [0.717, 1.165) is 11.8 Å². The highest BCUT2D eigenvalue weighted by atomic mass is 19.1. The van der Waals surface area contributed by atoms with E-state index >= 15 is 0 Å². The molecule has 3 atom stereocenters. The molecule has 3 rings (SSSR count). The Kier molecular flexibility index (Phi) is 2.89. The second-order valence-electron chi connectivity index (χ2n) is 5.73. The molecule has 0 bridgehead atoms. The van der Waals surface area contributed by atoms with Gasteiger partial charge in [-0.25, -0.2) is 8.78 Å². The first-order chi connectivity index (χ1) is 8.63. The summed E-state index contributed by atoms with van der Waals surface area (Å²) in [5, 5.41) is 3.19. The van der Waals surface area contributed by atoms with E-state index in [4.69, 9.17) is 0 Å². The zero-order valence-corrected chi connectivity index (χ0v) is 10.8. The SMILES string of the molecule is CNC(c1cc(F)c(C)cc1F)C1C2CCCC21. The number of halogens is 2. The van der Waals surface area contributed by atoms with Crippen LogP contribution in [-0.2, 0) is 0 Å². The molecule has 0 aromatic heterocycles. The minimum Gasteiger partial charge on any atom is -0.313 e. The Bertz CT molecular complexity index is 462. The van der Waals surface area contributed by atoms with Crippen molar-refractivity contribution in [2.45, 2.75) is 32.2 Å². The van der Waals surface area contributed by atoms with Crippen molar-refractivity contribution >= 4 is 0 Å². The molecule has 1 aromatic carbocycles. The summed E-state index contributed by atoms with van der Waals surface area (Å²) in [4.78, 5) is 0. The van der Waals surface area contributed by atoms with E-state index in [1.165, 1.54) is 31.4 Å². The Morgan fingerprint density at radius 1 is 1.17 bits per heavy atom. The molecule has 0 radical (unpaired) electrons. The van der Waals surface area contributed by atoms with Crippen LogP contribution in [0.3, 0.4) is 0 Å². The van der Waals surface area contributed by atoms with Gasteiger partial charge in [0.2, 0.25) is 0 Å². The molecule has 1 aromatic rings. The Morgan fingerprint density at radius 2 is 1.83 bits per heavy atom. The molecule has 2 saturated carbocycles. The quantitative estimate of drug-likeness (QED) is 0.865. The van der Waals surface area contributed by atoms with Crippen LogP contribution < -0.4 is 5.32 Å². The summed E-state index contributed by atoms with van der Waals surface area (Å²) in [7, 11) is 1.84. The second kappa shape index (κ2) is 4.30. The van der Waals surface area contributed by atoms with Gasteiger partial charge in [-0.3, -0.25) is 0 Å². The van der Waals surface area contributed by atoms with Crippen molar-refractivity contribution in [3.63, 3.8) is 0 Å². The highest BCUT2D eigenvalue weighted by molar-refractivity contribution is 5.30. The minimum atomic E-state index is -0.308. The maximum Gasteiger partial charge on any atom is 0.128 e. The number of aryl methyl sites for hydroxylation is 1. The van der Waals surface area contributed by atoms with Crippen LogP contribution >= 0.6 is 0 Å². The van der Waals surface area contributed by atoms with E-state index < -0.39 is 0 Å². The molecular formula is C15H19F2N. The van der Waals surface area contributed by atoms with Crippen LogP contribution in [-0.4, -0.2) is 7.05 Å². The van der Waals surface area contributed by atoms with E-state index in [9.17, 15) is 8.78 Å². The lowest BCUT2D eigenvalue weighted by molar-refractivity contribution is 0.425. The topological polar surface area (TPSA) is 12.0 Å². The molecular weight excluding hydrogens is 232 g/mol. The lowest BCUT2D eigenvalue weighted by Crippen LogP contribution is -2.22. The highest BCUT2D eigenvalue weighted by Crippen LogP contribution is 2.62. The van der Waals surface area contributed by atoms with E-state index in [-0.39, 0.29) is 17.7 Å². The molecule has 2 aliphatic rings. The fraction of sp³-hybridized carbons (Fsp3) is 0.600. The Balaban J connectivity index is 1.90. The van der Waals surface area contributed by atoms with Gasteiger partial charge in [0.05, 0.1) is 0 Å². The largest absolute Gasteiger partial charge is 0.313 e. The van der Waals surface area contributed by atoms with E-state index in [1.807, 2.05) is 7.05 Å². The van der Waals surface area contributed by atoms with Gasteiger partial charge in [-0.05, 0) is 62.3 Å². The second-order valence-corrected chi connectivity index (χ2v) is 5.73. The van der Waals surface area contributed by atoms with Crippen molar-refractivity contribution < 1.29 is 8.78 Å². The molecule has 0 saturated heterocycles. The molecule has 2 fully saturated rings. The monoisotopic (exact) mass is 251 g/mol. The normalized spacial score (nSPS) is 31.2. The van der Waals surface area contributed by atoms with Crippen LogP contribution in [0.15, 0.2) is 12.1 Å². The van der Waals surface area contributed by atoms with Crippen LogP contribution in [0.25, 0.3) is 0 Å². The number of rotatable bonds is 3. The predicted molar refractivity (Wildman–Crippen MR) is 67.2 cm³/mol. The third-order valence-electron chi connectivity index (χ3n) is 4.78. The van der Waals surface area contributed by atoms with Gasteiger partial charge in [0.25, 0.3) is 0 Å². The van der Waals surface area contributed by atoms with E-state index in [1.54, 1.807) is 6.92 Å². The molecule has 3 heteroatoms. The first-order valence-corrected chi connectivity index (χ1v) is 6.76. The summed E-state index contributed by atoms with van der Waals surface area (Å²) < 4.78 is 27.7. The summed E-state index contributed by atoms with van der Waals surface area (Å²) in [5.74, 6) is 1.37. The summed E-state index contributed by atoms with van der Waals surface area (Å²) in [6.07, 6.45) is 3.81. The van der Waals surface area contributed by atoms with Crippen molar-refractivity contribution in [2.75, 3.05) is 7.05 Å². The fourth-order valence-corrected chi connectivity index (χ4v) is 3.83. The van der Waals surface area contributed by atoms with Crippen molar-refractivity contribution in [1.29, 1.82) is 0 Å². The number of fused-ring (bicyclic) bond motifs is 1. The van der Waals surface area contributed by atoms with Crippen molar-refractivity contribution in [3.05, 3.63) is 34.9 Å². The first-order valence-electron chi connectivity index (χ1n) is 6.76. The fourth-order valence-electron chi connectivity index (χ4n) is 3.83. The molecule has 2 aliphatic carbocycles. The van der Waals surface area contributed by atoms with Crippen molar-refractivity contribution in [3.8, 4) is 0 Å². The molecule has 98 valence electrons. The molecule has 0 amide bonds. The zero-order valence-electron chi connectivity index (χ0n) is 10.8. The van der Waals surface area contributed by atoms with Gasteiger partial charge in [0, 0.05) is 11.6 Å². The Morgan fingerprint density at radius 3 is 2.44 bits per heavy atom. The molecule has 0 heterocycles. The van der Waals surface area contributed by atoms with Gasteiger partial charge in [0.15, 0.2) is 0 Å². The molecule has 0 aliphatic heterocycles. The van der Waals surface area contributed by atoms with Gasteiger partial charge < -0.3 is 5.32 Å². The molecule has 0 spiro atoms. The molecule has 1 N–H and O–H groups in total. The molecule has 1 nitrogen and oxygen atoms in total. The number of hydrogen-bond acceptors (Lipinski definition) is 1. The third kappa shape index (κ3) is 1.76. The number of nitrogens with one attached hydrogen (secondary N) is 1. The van der Waals surface area contributed by atoms with E-state index in [2.05, 4.69) is 5.32 Å². The first kappa shape index (κ1) is 12.1. The van der Waals surface area contributed by atoms with Crippen LogP contribution in [0, 0.1) is 36.3 Å². The van der Waals surface area contributed by atoms with Crippen LogP contribution in [0.2, 0.25) is 0 Å². The zero-order chi connectivity index (χ0) is 12.9. The highest BCUT2D eigenvalue weighted by Gasteiger charge is 2.56. The van der Waals surface area contributed by atoms with Gasteiger partial charge in [-0.2, -0.15) is 0 Å². The van der Waals surface area contributed by atoms with Crippen LogP contribution in [0.1, 0.15) is 36.4 Å². The Hall–Kier alpha value is -0.960. The average molecular weight is 251 g/mol. The van der Waals surface area contributed by atoms with Gasteiger partial charge in [-0.1, -0.05) is 6.42 Å². The predicted octanol–water partition coefficient (Wildman–Crippen LogP) is 3.58. The van der Waals surface area contributed by atoms with Gasteiger partial charge >= 0.3 is 0 Å². The van der Waals surface area contributed by atoms with E-state index in [0.29, 0.717) is 17.0 Å². The lowest BCUT2D eigenvalue weighted by atomic mass is 9.95. The summed E-state index contributed by atoms with van der Waals surface area (Å²) in [6.45, 7) is 1.60. The third-order valence-corrected chi connectivity index (χ3v) is 4.78. The van der Waals surface area contributed by atoms with Crippen LogP contribution in [0.5, 0.6) is 0 Å². The maximum atomic E-state index is 14.0. The number of hydrogen-bond donors (Lipinski definition) is 1. The van der Waals surface area contributed by atoms with Crippen molar-refractivity contribution in [1.82, 2.24) is 5.32 Å². The average Bonchev–Trinajstić information content (AvgIpc) is 2.81. The summed E-state index contributed by atoms with van der Waals surface area (Å²) in [6, 6.07) is 2.66. The van der Waals surface area contributed by atoms with Gasteiger partial charge in [-0.15, -0.1) is 0 Å². The summed E-state index contributed by atoms with van der Waals surface area (Å²) >= 11 is 0. The number of benzene rings is 1. The molecule has 18 heavy (non-hydrogen) atoms. The Labute approximate surface area is 107 Å². The smallest absolute Gasteiger partial charge is 0.128 e. The lowest BCUT2D eigenvalue weighted by Gasteiger charge is -2.20. The minimum absolute atomic E-state index is 0.0320.